The van der Waals surface area contributed by atoms with E-state index in [9.17, 15) is 21.6 Å². The first-order chi connectivity index (χ1) is 15.6. The molecule has 2 aromatic carbocycles. The van der Waals surface area contributed by atoms with E-state index in [0.29, 0.717) is 47.2 Å². The fourth-order valence-corrected chi connectivity index (χ4v) is 6.23. The first kappa shape index (κ1) is 23.5. The van der Waals surface area contributed by atoms with Crippen LogP contribution in [0, 0.1) is 0 Å². The molecule has 2 heterocycles. The van der Waals surface area contributed by atoms with Crippen LogP contribution in [0.4, 0.5) is 5.13 Å². The van der Waals surface area contributed by atoms with Gasteiger partial charge in [0.05, 0.1) is 33.2 Å². The number of amides is 1. The van der Waals surface area contributed by atoms with Crippen LogP contribution in [0.25, 0.3) is 16.3 Å². The molecule has 0 unspecified atom stereocenters. The van der Waals surface area contributed by atoms with Crippen molar-refractivity contribution in [1.29, 1.82) is 0 Å². The number of benzene rings is 2. The van der Waals surface area contributed by atoms with Gasteiger partial charge in [-0.2, -0.15) is 4.31 Å². The summed E-state index contributed by atoms with van der Waals surface area (Å²) in [5, 5.41) is 3.00. The maximum Gasteiger partial charge on any atom is 0.250 e. The van der Waals surface area contributed by atoms with Crippen molar-refractivity contribution in [3.63, 3.8) is 0 Å². The first-order valence-electron chi connectivity index (χ1n) is 9.91. The highest BCUT2D eigenvalue weighted by molar-refractivity contribution is 7.90. The smallest absolute Gasteiger partial charge is 0.250 e. The topological polar surface area (TPSA) is 123 Å². The summed E-state index contributed by atoms with van der Waals surface area (Å²) in [6.45, 7) is 1.41. The van der Waals surface area contributed by atoms with Gasteiger partial charge in [-0.1, -0.05) is 23.5 Å². The minimum absolute atomic E-state index is 0.189. The largest absolute Gasteiger partial charge is 0.379 e. The molecule has 1 N–H and O–H groups in total. The fourth-order valence-electron chi connectivity index (χ4n) is 3.19. The SMILES string of the molecule is CS(=O)(=O)c1ccc2nc(NC(=O)C=Cc3ccc(S(=O)(=O)N4CCOCC4)cc3)sc2c1. The molecule has 1 aliphatic rings. The van der Waals surface area contributed by atoms with Gasteiger partial charge in [-0.25, -0.2) is 21.8 Å². The zero-order valence-electron chi connectivity index (χ0n) is 17.6. The maximum atomic E-state index is 12.7. The van der Waals surface area contributed by atoms with Gasteiger partial charge in [0.2, 0.25) is 15.9 Å². The second kappa shape index (κ2) is 9.31. The lowest BCUT2D eigenvalue weighted by Crippen LogP contribution is -2.40. The van der Waals surface area contributed by atoms with Gasteiger partial charge in [-0.05, 0) is 42.0 Å². The molecule has 1 amide bonds. The van der Waals surface area contributed by atoms with Crippen LogP contribution in [0.2, 0.25) is 0 Å². The quantitative estimate of drug-likeness (QED) is 0.508. The Labute approximate surface area is 195 Å². The Hall–Kier alpha value is -2.64. The highest BCUT2D eigenvalue weighted by atomic mass is 32.2. The van der Waals surface area contributed by atoms with Crippen molar-refractivity contribution in [2.45, 2.75) is 9.79 Å². The molecule has 1 aromatic heterocycles. The minimum atomic E-state index is -3.57. The van der Waals surface area contributed by atoms with E-state index < -0.39 is 25.8 Å². The third-order valence-corrected chi connectivity index (χ3v) is 8.89. The third kappa shape index (κ3) is 5.47. The number of sulfone groups is 1. The van der Waals surface area contributed by atoms with Crippen LogP contribution in [-0.4, -0.2) is 64.6 Å². The summed E-state index contributed by atoms with van der Waals surface area (Å²) in [7, 11) is -6.90. The van der Waals surface area contributed by atoms with Crippen LogP contribution in [0.3, 0.4) is 0 Å². The van der Waals surface area contributed by atoms with Crippen molar-refractivity contribution >= 4 is 58.5 Å². The van der Waals surface area contributed by atoms with Crippen LogP contribution in [0.15, 0.2) is 58.3 Å². The zero-order valence-corrected chi connectivity index (χ0v) is 20.0. The summed E-state index contributed by atoms with van der Waals surface area (Å²) in [6.07, 6.45) is 4.02. The number of carbonyl (C=O) groups excluding carboxylic acids is 1. The fraction of sp³-hybridized carbons (Fsp3) is 0.238. The monoisotopic (exact) mass is 507 g/mol. The summed E-state index contributed by atoms with van der Waals surface area (Å²) in [4.78, 5) is 17.0. The lowest BCUT2D eigenvalue weighted by Gasteiger charge is -2.26. The Morgan fingerprint density at radius 2 is 1.73 bits per heavy atom. The average Bonchev–Trinajstić information content (AvgIpc) is 3.19. The number of morpholine rings is 1. The standard InChI is InChI=1S/C21H21N3O6S3/c1-32(26,27)17-7-8-18-19(14-17)31-21(22-18)23-20(25)9-4-15-2-5-16(6-3-15)33(28,29)24-10-12-30-13-11-24/h2-9,14H,10-13H2,1H3,(H,22,23,25). The van der Waals surface area contributed by atoms with E-state index in [1.807, 2.05) is 0 Å². The molecule has 0 atom stereocenters. The molecule has 0 aliphatic carbocycles. The van der Waals surface area contributed by atoms with Gasteiger partial charge < -0.3 is 4.74 Å². The van der Waals surface area contributed by atoms with Crippen molar-refractivity contribution in [2.24, 2.45) is 0 Å². The Morgan fingerprint density at radius 3 is 2.39 bits per heavy atom. The molecular weight excluding hydrogens is 486 g/mol. The second-order valence-corrected chi connectivity index (χ2v) is 12.3. The van der Waals surface area contributed by atoms with E-state index in [1.54, 1.807) is 24.3 Å². The number of aromatic nitrogens is 1. The van der Waals surface area contributed by atoms with Crippen LogP contribution in [0.5, 0.6) is 0 Å². The first-order valence-corrected chi connectivity index (χ1v) is 14.1. The predicted octanol–water partition coefficient (Wildman–Crippen LogP) is 2.37. The van der Waals surface area contributed by atoms with Crippen molar-refractivity contribution < 1.29 is 26.4 Å². The van der Waals surface area contributed by atoms with E-state index >= 15 is 0 Å². The van der Waals surface area contributed by atoms with Gasteiger partial charge in [-0.15, -0.1) is 0 Å². The average molecular weight is 508 g/mol. The van der Waals surface area contributed by atoms with Crippen LogP contribution < -0.4 is 5.32 Å². The molecule has 0 bridgehead atoms. The lowest BCUT2D eigenvalue weighted by atomic mass is 10.2. The van der Waals surface area contributed by atoms with Crippen molar-refractivity contribution in [3.8, 4) is 0 Å². The second-order valence-electron chi connectivity index (χ2n) is 7.33. The molecule has 0 radical (unpaired) electrons. The van der Waals surface area contributed by atoms with Crippen molar-refractivity contribution in [3.05, 3.63) is 54.1 Å². The number of anilines is 1. The molecule has 1 aliphatic heterocycles. The van der Waals surface area contributed by atoms with Crippen LogP contribution in [-0.2, 0) is 29.4 Å². The number of hydrogen-bond acceptors (Lipinski definition) is 8. The number of sulfonamides is 1. The van der Waals surface area contributed by atoms with Gasteiger partial charge in [0.25, 0.3) is 0 Å². The number of ether oxygens (including phenoxy) is 1. The number of nitrogens with one attached hydrogen (secondary N) is 1. The number of hydrogen-bond donors (Lipinski definition) is 1. The maximum absolute atomic E-state index is 12.7. The van der Waals surface area contributed by atoms with Gasteiger partial charge in [-0.3, -0.25) is 10.1 Å². The van der Waals surface area contributed by atoms with Crippen LogP contribution >= 0.6 is 11.3 Å². The molecule has 1 saturated heterocycles. The van der Waals surface area contributed by atoms with Gasteiger partial charge in [0, 0.05) is 25.4 Å². The molecule has 12 heteroatoms. The molecule has 1 fully saturated rings. The van der Waals surface area contributed by atoms with E-state index in [2.05, 4.69) is 10.3 Å². The molecule has 4 rings (SSSR count). The lowest BCUT2D eigenvalue weighted by molar-refractivity contribution is -0.111. The number of thiazole rings is 1. The Bertz CT molecular complexity index is 1420. The molecule has 0 spiro atoms. The van der Waals surface area contributed by atoms with Crippen molar-refractivity contribution in [1.82, 2.24) is 9.29 Å². The normalized spacial score (nSPS) is 15.8. The molecule has 3 aromatic rings. The highest BCUT2D eigenvalue weighted by Gasteiger charge is 2.26. The van der Waals surface area contributed by atoms with Gasteiger partial charge >= 0.3 is 0 Å². The number of fused-ring (bicyclic) bond motifs is 1. The third-order valence-electron chi connectivity index (χ3n) is 4.93. The van der Waals surface area contributed by atoms with E-state index in [0.717, 1.165) is 6.26 Å². The van der Waals surface area contributed by atoms with E-state index in [1.165, 1.54) is 46.0 Å². The number of rotatable bonds is 6. The van der Waals surface area contributed by atoms with Crippen molar-refractivity contribution in [2.75, 3.05) is 37.9 Å². The Kier molecular flexibility index (Phi) is 6.64. The van der Waals surface area contributed by atoms with E-state index in [-0.39, 0.29) is 9.79 Å². The predicted molar refractivity (Wildman–Crippen MR) is 126 cm³/mol. The summed E-state index contributed by atoms with van der Waals surface area (Å²) in [5.74, 6) is -0.414. The summed E-state index contributed by atoms with van der Waals surface area (Å²) >= 11 is 1.17. The molecule has 33 heavy (non-hydrogen) atoms. The Morgan fingerprint density at radius 1 is 1.06 bits per heavy atom. The van der Waals surface area contributed by atoms with Crippen LogP contribution in [0.1, 0.15) is 5.56 Å². The molecule has 9 nitrogen and oxygen atoms in total. The highest BCUT2D eigenvalue weighted by Crippen LogP contribution is 2.28. The number of nitrogens with zero attached hydrogens (tertiary/aromatic N) is 2. The minimum Gasteiger partial charge on any atom is -0.379 e. The molecule has 0 saturated carbocycles. The summed E-state index contributed by atoms with van der Waals surface area (Å²) in [5.41, 5.74) is 1.25. The van der Waals surface area contributed by atoms with Gasteiger partial charge in [0.15, 0.2) is 15.0 Å². The Balaban J connectivity index is 1.42. The molecule has 174 valence electrons. The van der Waals surface area contributed by atoms with Gasteiger partial charge in [0.1, 0.15) is 0 Å². The summed E-state index contributed by atoms with van der Waals surface area (Å²) in [6, 6.07) is 10.9. The zero-order chi connectivity index (χ0) is 23.6. The van der Waals surface area contributed by atoms with E-state index in [4.69, 9.17) is 4.74 Å². The molecular formula is C21H21N3O6S3. The number of carbonyl (C=O) groups is 1. The summed E-state index contributed by atoms with van der Waals surface area (Å²) < 4.78 is 56.0.